The van der Waals surface area contributed by atoms with Gasteiger partial charge in [0.05, 0.1) is 0 Å². The number of anilines is 1. The van der Waals surface area contributed by atoms with Gasteiger partial charge in [-0.15, -0.1) is 0 Å². The van der Waals surface area contributed by atoms with Gasteiger partial charge < -0.3 is 15.2 Å². The average Bonchev–Trinajstić information content (AvgIpc) is 2.37. The van der Waals surface area contributed by atoms with E-state index in [2.05, 4.69) is 5.32 Å². The summed E-state index contributed by atoms with van der Waals surface area (Å²) in [5, 5.41) is 11.3. The first-order valence-corrected chi connectivity index (χ1v) is 6.25. The molecule has 1 aromatic carbocycles. The Balaban J connectivity index is 2.47. The highest BCUT2D eigenvalue weighted by atomic mass is 16.5. The highest BCUT2D eigenvalue weighted by Crippen LogP contribution is 2.16. The van der Waals surface area contributed by atoms with Crippen LogP contribution in [0.15, 0.2) is 24.3 Å². The molecule has 1 atom stereocenters. The van der Waals surface area contributed by atoms with Crippen LogP contribution < -0.4 is 10.1 Å². The number of rotatable bonds is 7. The molecule has 0 saturated heterocycles. The molecule has 0 aliphatic carbocycles. The van der Waals surface area contributed by atoms with Crippen molar-refractivity contribution in [1.29, 1.82) is 0 Å². The summed E-state index contributed by atoms with van der Waals surface area (Å²) in [5.74, 6) is -0.222. The minimum absolute atomic E-state index is 0.0199. The van der Waals surface area contributed by atoms with Gasteiger partial charge in [0.1, 0.15) is 5.75 Å². The Morgan fingerprint density at radius 3 is 2.47 bits per heavy atom. The van der Waals surface area contributed by atoms with Crippen LogP contribution in [0.5, 0.6) is 5.75 Å². The molecule has 1 rings (SSSR count). The van der Waals surface area contributed by atoms with Crippen molar-refractivity contribution in [3.05, 3.63) is 24.3 Å². The molecule has 0 aliphatic heterocycles. The van der Waals surface area contributed by atoms with Crippen molar-refractivity contribution in [1.82, 2.24) is 0 Å². The Morgan fingerprint density at radius 2 is 1.95 bits per heavy atom. The largest absolute Gasteiger partial charge is 0.482 e. The number of nitrogens with one attached hydrogen (secondary N) is 1. The fraction of sp³-hybridized carbons (Fsp3) is 0.429. The van der Waals surface area contributed by atoms with Crippen LogP contribution in [-0.4, -0.2) is 23.6 Å². The molecule has 5 heteroatoms. The van der Waals surface area contributed by atoms with Crippen molar-refractivity contribution in [3.8, 4) is 5.75 Å². The molecular formula is C14H19NO4. The Labute approximate surface area is 112 Å². The molecule has 2 N–H and O–H groups in total. The van der Waals surface area contributed by atoms with Crippen LogP contribution in [0.25, 0.3) is 0 Å². The zero-order valence-electron chi connectivity index (χ0n) is 11.2. The Hall–Kier alpha value is -2.04. The van der Waals surface area contributed by atoms with E-state index in [1.807, 2.05) is 13.8 Å². The first-order chi connectivity index (χ1) is 9.01. The van der Waals surface area contributed by atoms with Crippen LogP contribution in [0.4, 0.5) is 5.69 Å². The smallest absolute Gasteiger partial charge is 0.341 e. The van der Waals surface area contributed by atoms with Crippen molar-refractivity contribution in [2.24, 2.45) is 5.92 Å². The van der Waals surface area contributed by atoms with Gasteiger partial charge in [0.15, 0.2) is 6.61 Å². The van der Waals surface area contributed by atoms with E-state index in [1.54, 1.807) is 24.3 Å². The maximum atomic E-state index is 11.7. The second-order valence-corrected chi connectivity index (χ2v) is 4.47. The fourth-order valence-electron chi connectivity index (χ4n) is 1.45. The van der Waals surface area contributed by atoms with E-state index < -0.39 is 5.97 Å². The van der Waals surface area contributed by atoms with Gasteiger partial charge in [-0.25, -0.2) is 4.79 Å². The van der Waals surface area contributed by atoms with Crippen LogP contribution in [0.1, 0.15) is 26.7 Å². The number of carbonyl (C=O) groups is 2. The van der Waals surface area contributed by atoms with Crippen LogP contribution in [0.3, 0.4) is 0 Å². The lowest BCUT2D eigenvalue weighted by molar-refractivity contribution is -0.139. The van der Waals surface area contributed by atoms with E-state index in [1.165, 1.54) is 0 Å². The van der Waals surface area contributed by atoms with E-state index in [-0.39, 0.29) is 12.5 Å². The molecule has 0 bridgehead atoms. The molecule has 1 aromatic rings. The van der Waals surface area contributed by atoms with Gasteiger partial charge >= 0.3 is 5.97 Å². The lowest BCUT2D eigenvalue weighted by atomic mass is 10.1. The van der Waals surface area contributed by atoms with E-state index in [0.29, 0.717) is 23.8 Å². The maximum absolute atomic E-state index is 11.7. The summed E-state index contributed by atoms with van der Waals surface area (Å²) in [4.78, 5) is 22.0. The third-order valence-corrected chi connectivity index (χ3v) is 2.73. The quantitative estimate of drug-likeness (QED) is 0.794. The van der Waals surface area contributed by atoms with Gasteiger partial charge in [0.25, 0.3) is 0 Å². The van der Waals surface area contributed by atoms with Crippen molar-refractivity contribution < 1.29 is 19.4 Å². The van der Waals surface area contributed by atoms with E-state index >= 15 is 0 Å². The number of carboxylic acids is 1. The molecular weight excluding hydrogens is 246 g/mol. The predicted octanol–water partition coefficient (Wildman–Crippen LogP) is 2.52. The molecule has 0 fully saturated rings. The second kappa shape index (κ2) is 7.41. The van der Waals surface area contributed by atoms with Crippen molar-refractivity contribution in [2.45, 2.75) is 26.7 Å². The number of carbonyl (C=O) groups excluding carboxylic acids is 1. The first-order valence-electron chi connectivity index (χ1n) is 6.25. The van der Waals surface area contributed by atoms with Crippen LogP contribution in [-0.2, 0) is 9.59 Å². The number of aliphatic carboxylic acids is 1. The molecule has 0 heterocycles. The average molecular weight is 265 g/mol. The van der Waals surface area contributed by atoms with E-state index in [0.717, 1.165) is 6.42 Å². The number of ether oxygens (including phenoxy) is 1. The van der Waals surface area contributed by atoms with Gasteiger partial charge in [0, 0.05) is 12.1 Å². The lowest BCUT2D eigenvalue weighted by Crippen LogP contribution is -2.14. The third-order valence-electron chi connectivity index (χ3n) is 2.73. The minimum Gasteiger partial charge on any atom is -0.482 e. The SMILES string of the molecule is CCC(C)CC(=O)Nc1ccc(OCC(=O)O)cc1. The normalized spacial score (nSPS) is 11.7. The zero-order valence-corrected chi connectivity index (χ0v) is 11.2. The van der Waals surface area contributed by atoms with Crippen LogP contribution >= 0.6 is 0 Å². The van der Waals surface area contributed by atoms with Crippen LogP contribution in [0.2, 0.25) is 0 Å². The molecule has 0 aliphatic rings. The molecule has 104 valence electrons. The fourth-order valence-corrected chi connectivity index (χ4v) is 1.45. The molecule has 0 aromatic heterocycles. The summed E-state index contributed by atoms with van der Waals surface area (Å²) < 4.78 is 5.00. The summed E-state index contributed by atoms with van der Waals surface area (Å²) in [6.07, 6.45) is 1.46. The highest BCUT2D eigenvalue weighted by Gasteiger charge is 2.07. The van der Waals surface area contributed by atoms with Gasteiger partial charge in [-0.3, -0.25) is 4.79 Å². The Bertz CT molecular complexity index is 428. The van der Waals surface area contributed by atoms with E-state index in [9.17, 15) is 9.59 Å². The topological polar surface area (TPSA) is 75.6 Å². The summed E-state index contributed by atoms with van der Waals surface area (Å²) in [6.45, 7) is 3.70. The van der Waals surface area contributed by atoms with Gasteiger partial charge in [-0.2, -0.15) is 0 Å². The standard InChI is InChI=1S/C14H19NO4/c1-3-10(2)8-13(16)15-11-4-6-12(7-5-11)19-9-14(17)18/h4-7,10H,3,8-9H2,1-2H3,(H,15,16)(H,17,18). The molecule has 19 heavy (non-hydrogen) atoms. The van der Waals surface area contributed by atoms with Gasteiger partial charge in [-0.1, -0.05) is 20.3 Å². The second-order valence-electron chi connectivity index (χ2n) is 4.47. The Morgan fingerprint density at radius 1 is 1.32 bits per heavy atom. The summed E-state index contributed by atoms with van der Waals surface area (Å²) in [5.41, 5.74) is 0.677. The monoisotopic (exact) mass is 265 g/mol. The van der Waals surface area contributed by atoms with Crippen molar-refractivity contribution in [3.63, 3.8) is 0 Å². The number of hydrogen-bond acceptors (Lipinski definition) is 3. The number of amides is 1. The summed E-state index contributed by atoms with van der Waals surface area (Å²) in [7, 11) is 0. The lowest BCUT2D eigenvalue weighted by Gasteiger charge is -2.10. The maximum Gasteiger partial charge on any atom is 0.341 e. The molecule has 5 nitrogen and oxygen atoms in total. The van der Waals surface area contributed by atoms with Gasteiger partial charge in [0.2, 0.25) is 5.91 Å². The zero-order chi connectivity index (χ0) is 14.3. The Kier molecular flexibility index (Phi) is 5.85. The molecule has 0 spiro atoms. The van der Waals surface area contributed by atoms with Crippen molar-refractivity contribution in [2.75, 3.05) is 11.9 Å². The third kappa shape index (κ3) is 5.90. The minimum atomic E-state index is -1.02. The number of carboxylic acid groups (broad SMARTS) is 1. The molecule has 1 unspecified atom stereocenters. The molecule has 0 radical (unpaired) electrons. The van der Waals surface area contributed by atoms with Gasteiger partial charge in [-0.05, 0) is 30.2 Å². The van der Waals surface area contributed by atoms with Crippen molar-refractivity contribution >= 4 is 17.6 Å². The number of benzene rings is 1. The highest BCUT2D eigenvalue weighted by molar-refractivity contribution is 5.90. The molecule has 0 saturated carbocycles. The molecule has 1 amide bonds. The summed E-state index contributed by atoms with van der Waals surface area (Å²) in [6, 6.07) is 6.63. The first kappa shape index (κ1) is 15.0. The van der Waals surface area contributed by atoms with E-state index in [4.69, 9.17) is 9.84 Å². The number of hydrogen-bond donors (Lipinski definition) is 2. The summed E-state index contributed by atoms with van der Waals surface area (Å²) >= 11 is 0. The predicted molar refractivity (Wildman–Crippen MR) is 72.3 cm³/mol. The van der Waals surface area contributed by atoms with Crippen LogP contribution in [0, 0.1) is 5.92 Å².